The highest BCUT2D eigenvalue weighted by Crippen LogP contribution is 2.38. The van der Waals surface area contributed by atoms with Gasteiger partial charge in [-0.2, -0.15) is 0 Å². The van der Waals surface area contributed by atoms with Crippen LogP contribution in [0.25, 0.3) is 0 Å². The first-order valence-corrected chi connectivity index (χ1v) is 10.2. The Bertz CT molecular complexity index is 596. The molecule has 1 aromatic heterocycles. The van der Waals surface area contributed by atoms with E-state index in [2.05, 4.69) is 17.0 Å². The maximum Gasteiger partial charge on any atom is 0.410 e. The van der Waals surface area contributed by atoms with Crippen molar-refractivity contribution >= 4 is 17.4 Å². The van der Waals surface area contributed by atoms with Crippen LogP contribution in [-0.4, -0.2) is 48.2 Å². The van der Waals surface area contributed by atoms with Crippen LogP contribution >= 0.6 is 11.3 Å². The highest BCUT2D eigenvalue weighted by Gasteiger charge is 2.44. The summed E-state index contributed by atoms with van der Waals surface area (Å²) < 4.78 is 5.72. The van der Waals surface area contributed by atoms with Crippen LogP contribution in [0.3, 0.4) is 0 Å². The van der Waals surface area contributed by atoms with E-state index in [0.29, 0.717) is 0 Å². The summed E-state index contributed by atoms with van der Waals surface area (Å²) in [4.78, 5) is 19.1. The maximum absolute atomic E-state index is 11.8. The number of hydrogen-bond donors (Lipinski definition) is 0. The molecule has 1 spiro atoms. The molecule has 2 aliphatic heterocycles. The molecular weight excluding hydrogens is 320 g/mol. The average molecular weight is 349 g/mol. The van der Waals surface area contributed by atoms with E-state index in [9.17, 15) is 4.79 Å². The van der Waals surface area contributed by atoms with Gasteiger partial charge in [0.2, 0.25) is 0 Å². The quantitative estimate of drug-likeness (QED) is 0.820. The van der Waals surface area contributed by atoms with Crippen molar-refractivity contribution in [3.63, 3.8) is 0 Å². The molecule has 24 heavy (non-hydrogen) atoms. The van der Waals surface area contributed by atoms with Crippen molar-refractivity contribution in [2.24, 2.45) is 0 Å². The van der Waals surface area contributed by atoms with Crippen molar-refractivity contribution in [3.8, 4) is 0 Å². The van der Waals surface area contributed by atoms with Crippen molar-refractivity contribution in [2.75, 3.05) is 26.7 Å². The second-order valence-corrected chi connectivity index (χ2v) is 9.02. The van der Waals surface area contributed by atoms with Gasteiger partial charge < -0.3 is 9.64 Å². The van der Waals surface area contributed by atoms with E-state index in [-0.39, 0.29) is 11.7 Å². The summed E-state index contributed by atoms with van der Waals surface area (Å²) in [5, 5.41) is 0. The molecule has 0 bridgehead atoms. The number of rotatable bonds is 3. The SMILES string of the molecule is CN1C[C@@]2(CCCN(Cc3ccc(C4CCCC4)s3)CC2)OC1=O. The Morgan fingerprint density at radius 3 is 2.79 bits per heavy atom. The number of nitrogens with zero attached hydrogens (tertiary/aromatic N) is 2. The number of ether oxygens (including phenoxy) is 1. The van der Waals surface area contributed by atoms with Crippen molar-refractivity contribution in [1.82, 2.24) is 9.80 Å². The van der Waals surface area contributed by atoms with Gasteiger partial charge in [-0.3, -0.25) is 4.90 Å². The zero-order valence-corrected chi connectivity index (χ0v) is 15.4. The van der Waals surface area contributed by atoms with E-state index in [1.165, 1.54) is 30.6 Å². The van der Waals surface area contributed by atoms with Crippen LogP contribution in [-0.2, 0) is 11.3 Å². The number of carbonyl (C=O) groups is 1. The number of hydrogen-bond acceptors (Lipinski definition) is 4. The summed E-state index contributed by atoms with van der Waals surface area (Å²) >= 11 is 2.02. The summed E-state index contributed by atoms with van der Waals surface area (Å²) in [6.45, 7) is 3.94. The second kappa shape index (κ2) is 6.68. The number of likely N-dealkylation sites (N-methyl/N-ethyl adjacent to an activating group) is 1. The van der Waals surface area contributed by atoms with E-state index in [4.69, 9.17) is 4.74 Å². The van der Waals surface area contributed by atoms with Gasteiger partial charge in [-0.1, -0.05) is 12.8 Å². The molecule has 1 saturated carbocycles. The lowest BCUT2D eigenvalue weighted by atomic mass is 9.95. The summed E-state index contributed by atoms with van der Waals surface area (Å²) in [7, 11) is 1.84. The van der Waals surface area contributed by atoms with Crippen molar-refractivity contribution in [3.05, 3.63) is 21.9 Å². The number of thiophene rings is 1. The van der Waals surface area contributed by atoms with Crippen LogP contribution in [0.4, 0.5) is 4.79 Å². The summed E-state index contributed by atoms with van der Waals surface area (Å²) in [5.41, 5.74) is -0.231. The molecule has 132 valence electrons. The average Bonchev–Trinajstić information content (AvgIpc) is 3.24. The van der Waals surface area contributed by atoms with Crippen LogP contribution in [0.2, 0.25) is 0 Å². The first kappa shape index (κ1) is 16.4. The normalized spacial score (nSPS) is 29.4. The van der Waals surface area contributed by atoms with Gasteiger partial charge in [-0.15, -0.1) is 11.3 Å². The third-order valence-corrected chi connectivity index (χ3v) is 7.18. The van der Waals surface area contributed by atoms with Gasteiger partial charge in [0.15, 0.2) is 0 Å². The van der Waals surface area contributed by atoms with Gasteiger partial charge in [0.25, 0.3) is 0 Å². The van der Waals surface area contributed by atoms with Crippen LogP contribution in [0.5, 0.6) is 0 Å². The first-order valence-electron chi connectivity index (χ1n) is 9.39. The number of carbonyl (C=O) groups excluding carboxylic acids is 1. The molecule has 0 N–H and O–H groups in total. The predicted molar refractivity (Wildman–Crippen MR) is 96.5 cm³/mol. The van der Waals surface area contributed by atoms with Crippen molar-refractivity contribution in [2.45, 2.75) is 63.0 Å². The van der Waals surface area contributed by atoms with Gasteiger partial charge >= 0.3 is 6.09 Å². The molecule has 1 aliphatic carbocycles. The molecule has 1 amide bonds. The lowest BCUT2D eigenvalue weighted by Gasteiger charge is -2.25. The second-order valence-electron chi connectivity index (χ2n) is 7.82. The predicted octanol–water partition coefficient (Wildman–Crippen LogP) is 4.21. The molecule has 0 aromatic carbocycles. The lowest BCUT2D eigenvalue weighted by Crippen LogP contribution is -2.35. The first-order chi connectivity index (χ1) is 11.6. The van der Waals surface area contributed by atoms with Crippen LogP contribution in [0.1, 0.15) is 60.6 Å². The van der Waals surface area contributed by atoms with Gasteiger partial charge in [0.05, 0.1) is 6.54 Å². The Labute approximate surface area is 148 Å². The molecule has 1 atom stereocenters. The van der Waals surface area contributed by atoms with Crippen molar-refractivity contribution < 1.29 is 9.53 Å². The van der Waals surface area contributed by atoms with Gasteiger partial charge in [-0.05, 0) is 50.3 Å². The zero-order chi connectivity index (χ0) is 16.6. The summed E-state index contributed by atoms with van der Waals surface area (Å²) in [6, 6.07) is 4.70. The summed E-state index contributed by atoms with van der Waals surface area (Å²) in [5.74, 6) is 0.824. The zero-order valence-electron chi connectivity index (χ0n) is 14.6. The maximum atomic E-state index is 11.8. The topological polar surface area (TPSA) is 32.8 Å². The molecule has 5 heteroatoms. The van der Waals surface area contributed by atoms with Crippen molar-refractivity contribution in [1.29, 1.82) is 0 Å². The van der Waals surface area contributed by atoms with E-state index in [1.807, 2.05) is 18.4 Å². The van der Waals surface area contributed by atoms with Gasteiger partial charge in [-0.25, -0.2) is 4.79 Å². The molecular formula is C19H28N2O2S. The fourth-order valence-electron chi connectivity index (χ4n) is 4.56. The molecule has 3 aliphatic rings. The lowest BCUT2D eigenvalue weighted by molar-refractivity contribution is 0.0443. The van der Waals surface area contributed by atoms with Gasteiger partial charge in [0.1, 0.15) is 5.60 Å². The third-order valence-electron chi connectivity index (χ3n) is 5.95. The fourth-order valence-corrected chi connectivity index (χ4v) is 5.79. The van der Waals surface area contributed by atoms with E-state index in [1.54, 1.807) is 9.78 Å². The minimum absolute atomic E-state index is 0.150. The molecule has 3 fully saturated rings. The highest BCUT2D eigenvalue weighted by molar-refractivity contribution is 7.12. The largest absolute Gasteiger partial charge is 0.441 e. The van der Waals surface area contributed by atoms with E-state index in [0.717, 1.165) is 51.4 Å². The highest BCUT2D eigenvalue weighted by atomic mass is 32.1. The van der Waals surface area contributed by atoms with Crippen LogP contribution in [0.15, 0.2) is 12.1 Å². The number of amides is 1. The summed E-state index contributed by atoms with van der Waals surface area (Å²) in [6.07, 6.45) is 8.49. The molecule has 2 saturated heterocycles. The molecule has 1 aromatic rings. The Morgan fingerprint density at radius 2 is 2.04 bits per heavy atom. The van der Waals surface area contributed by atoms with Crippen LogP contribution < -0.4 is 0 Å². The number of likely N-dealkylation sites (tertiary alicyclic amines) is 1. The molecule has 0 radical (unpaired) electrons. The van der Waals surface area contributed by atoms with Crippen LogP contribution in [0, 0.1) is 0 Å². The third kappa shape index (κ3) is 3.33. The minimum Gasteiger partial charge on any atom is -0.441 e. The van der Waals surface area contributed by atoms with Gasteiger partial charge in [0, 0.05) is 36.3 Å². The Morgan fingerprint density at radius 1 is 1.21 bits per heavy atom. The Balaban J connectivity index is 1.35. The standard InChI is InChI=1S/C19H28N2O2S/c1-20-14-19(23-18(20)22)9-4-11-21(12-10-19)13-16-7-8-17(24-16)15-5-2-3-6-15/h7-8,15H,2-6,9-14H2,1H3/t19-/m0/s1. The monoisotopic (exact) mass is 348 g/mol. The van der Waals surface area contributed by atoms with E-state index >= 15 is 0 Å². The fraction of sp³-hybridized carbons (Fsp3) is 0.737. The molecule has 4 nitrogen and oxygen atoms in total. The Kier molecular flexibility index (Phi) is 4.56. The molecule has 0 unspecified atom stereocenters. The van der Waals surface area contributed by atoms with E-state index < -0.39 is 0 Å². The smallest absolute Gasteiger partial charge is 0.410 e. The molecule has 4 rings (SSSR count). The Hall–Kier alpha value is -1.07. The molecule has 3 heterocycles. The minimum atomic E-state index is -0.231.